The zero-order chi connectivity index (χ0) is 17.9. The fourth-order valence-electron chi connectivity index (χ4n) is 2.59. The highest BCUT2D eigenvalue weighted by atomic mass is 35.7. The van der Waals surface area contributed by atoms with Crippen molar-refractivity contribution in [1.29, 1.82) is 0 Å². The smallest absolute Gasteiger partial charge is 0.324 e. The molecule has 1 heterocycles. The zero-order valence-electron chi connectivity index (χ0n) is 13.5. The van der Waals surface area contributed by atoms with Crippen LogP contribution in [0.15, 0.2) is 40.3 Å². The van der Waals surface area contributed by atoms with Crippen LogP contribution in [-0.2, 0) is 20.3 Å². The SMILES string of the molecule is CCC1=C(C)CN(C(=O)NCCc2ccc(S(=O)(=O)Cl)cc2)C1=O. The van der Waals surface area contributed by atoms with Crippen molar-refractivity contribution in [2.45, 2.75) is 31.6 Å². The second kappa shape index (κ2) is 7.36. The summed E-state index contributed by atoms with van der Waals surface area (Å²) in [6, 6.07) is 5.71. The Labute approximate surface area is 145 Å². The summed E-state index contributed by atoms with van der Waals surface area (Å²) in [5.41, 5.74) is 2.48. The second-order valence-corrected chi connectivity index (χ2v) is 8.13. The molecule has 3 amide bonds. The van der Waals surface area contributed by atoms with Crippen LogP contribution in [0, 0.1) is 0 Å². The van der Waals surface area contributed by atoms with Crippen molar-refractivity contribution in [1.82, 2.24) is 10.2 Å². The van der Waals surface area contributed by atoms with Gasteiger partial charge in [-0.05, 0) is 43.0 Å². The Morgan fingerprint density at radius 1 is 1.29 bits per heavy atom. The third-order valence-electron chi connectivity index (χ3n) is 3.91. The number of urea groups is 1. The Morgan fingerprint density at radius 2 is 1.92 bits per heavy atom. The van der Waals surface area contributed by atoms with Crippen LogP contribution in [0.2, 0.25) is 0 Å². The molecule has 1 aromatic carbocycles. The average molecular weight is 371 g/mol. The van der Waals surface area contributed by atoms with Crippen molar-refractivity contribution in [3.05, 3.63) is 41.0 Å². The van der Waals surface area contributed by atoms with Crippen molar-refractivity contribution in [2.75, 3.05) is 13.1 Å². The summed E-state index contributed by atoms with van der Waals surface area (Å²) in [4.78, 5) is 25.4. The van der Waals surface area contributed by atoms with Crippen LogP contribution in [0.25, 0.3) is 0 Å². The first kappa shape index (κ1) is 18.5. The molecule has 1 N–H and O–H groups in total. The molecule has 1 aliphatic heterocycles. The molecule has 0 saturated carbocycles. The minimum absolute atomic E-state index is 0.0354. The first-order chi connectivity index (χ1) is 11.2. The first-order valence-corrected chi connectivity index (χ1v) is 9.87. The van der Waals surface area contributed by atoms with E-state index in [4.69, 9.17) is 10.7 Å². The maximum atomic E-state index is 12.1. The van der Waals surface area contributed by atoms with Gasteiger partial charge in [-0.25, -0.2) is 13.2 Å². The lowest BCUT2D eigenvalue weighted by Gasteiger charge is -2.15. The van der Waals surface area contributed by atoms with Gasteiger partial charge in [0.25, 0.3) is 15.0 Å². The largest absolute Gasteiger partial charge is 0.337 e. The third kappa shape index (κ3) is 4.15. The number of carbonyl (C=O) groups is 2. The number of rotatable bonds is 5. The van der Waals surface area contributed by atoms with Crippen LogP contribution >= 0.6 is 10.7 Å². The molecule has 6 nitrogen and oxygen atoms in total. The maximum absolute atomic E-state index is 12.1. The van der Waals surface area contributed by atoms with Crippen LogP contribution in [0.5, 0.6) is 0 Å². The molecule has 1 aliphatic rings. The van der Waals surface area contributed by atoms with Gasteiger partial charge in [-0.1, -0.05) is 19.1 Å². The second-order valence-electron chi connectivity index (χ2n) is 5.57. The van der Waals surface area contributed by atoms with Crippen LogP contribution in [0.1, 0.15) is 25.8 Å². The number of hydrogen-bond donors (Lipinski definition) is 1. The van der Waals surface area contributed by atoms with E-state index in [1.54, 1.807) is 12.1 Å². The van der Waals surface area contributed by atoms with Gasteiger partial charge in [0.15, 0.2) is 0 Å². The lowest BCUT2D eigenvalue weighted by Crippen LogP contribution is -2.42. The predicted octanol–water partition coefficient (Wildman–Crippen LogP) is 2.43. The van der Waals surface area contributed by atoms with Crippen molar-refractivity contribution in [3.63, 3.8) is 0 Å². The monoisotopic (exact) mass is 370 g/mol. The topological polar surface area (TPSA) is 83.6 Å². The highest BCUT2D eigenvalue weighted by Crippen LogP contribution is 2.21. The molecule has 0 saturated heterocycles. The number of halogens is 1. The molecule has 2 rings (SSSR count). The zero-order valence-corrected chi connectivity index (χ0v) is 15.1. The summed E-state index contributed by atoms with van der Waals surface area (Å²) in [5.74, 6) is -0.232. The summed E-state index contributed by atoms with van der Waals surface area (Å²) in [7, 11) is 1.52. The normalized spacial score (nSPS) is 15.1. The Balaban J connectivity index is 1.87. The van der Waals surface area contributed by atoms with Gasteiger partial charge in [0.1, 0.15) is 0 Å². The van der Waals surface area contributed by atoms with E-state index in [1.807, 2.05) is 13.8 Å². The van der Waals surface area contributed by atoms with E-state index in [2.05, 4.69) is 5.32 Å². The summed E-state index contributed by atoms with van der Waals surface area (Å²) in [6.07, 6.45) is 1.13. The maximum Gasteiger partial charge on any atom is 0.324 e. The third-order valence-corrected chi connectivity index (χ3v) is 5.28. The lowest BCUT2D eigenvalue weighted by molar-refractivity contribution is -0.123. The van der Waals surface area contributed by atoms with Crippen LogP contribution < -0.4 is 5.32 Å². The van der Waals surface area contributed by atoms with Crippen molar-refractivity contribution >= 4 is 31.7 Å². The van der Waals surface area contributed by atoms with Crippen LogP contribution in [0.4, 0.5) is 4.79 Å². The Morgan fingerprint density at radius 3 is 2.42 bits per heavy atom. The molecule has 0 atom stereocenters. The van der Waals surface area contributed by atoms with Gasteiger partial charge in [-0.15, -0.1) is 0 Å². The minimum atomic E-state index is -3.73. The molecule has 0 radical (unpaired) electrons. The summed E-state index contributed by atoms with van der Waals surface area (Å²) in [6.45, 7) is 4.42. The molecule has 0 aliphatic carbocycles. The first-order valence-electron chi connectivity index (χ1n) is 7.56. The van der Waals surface area contributed by atoms with Gasteiger partial charge in [0.05, 0.1) is 11.4 Å². The molecule has 1 aromatic rings. The van der Waals surface area contributed by atoms with E-state index in [0.717, 1.165) is 11.1 Å². The van der Waals surface area contributed by atoms with Crippen molar-refractivity contribution in [3.8, 4) is 0 Å². The van der Waals surface area contributed by atoms with Crippen LogP contribution in [0.3, 0.4) is 0 Å². The number of nitrogens with one attached hydrogen (secondary N) is 1. The standard InChI is InChI=1S/C16H19ClN2O4S/c1-3-14-11(2)10-19(15(14)20)16(21)18-9-8-12-4-6-13(7-5-12)24(17,22)23/h4-7H,3,8-10H2,1-2H3,(H,18,21). The molecule has 0 unspecified atom stereocenters. The molecule has 0 bridgehead atoms. The minimum Gasteiger partial charge on any atom is -0.337 e. The van der Waals surface area contributed by atoms with Gasteiger partial charge in [-0.2, -0.15) is 0 Å². The van der Waals surface area contributed by atoms with Gasteiger partial charge < -0.3 is 5.32 Å². The van der Waals surface area contributed by atoms with Crippen molar-refractivity contribution < 1.29 is 18.0 Å². The van der Waals surface area contributed by atoms with E-state index in [0.29, 0.717) is 31.5 Å². The van der Waals surface area contributed by atoms with Gasteiger partial charge in [0, 0.05) is 22.8 Å². The average Bonchev–Trinajstić information content (AvgIpc) is 2.81. The van der Waals surface area contributed by atoms with Gasteiger partial charge in [-0.3, -0.25) is 9.69 Å². The Hall–Kier alpha value is -1.86. The lowest BCUT2D eigenvalue weighted by atomic mass is 10.1. The number of amides is 3. The highest BCUT2D eigenvalue weighted by Gasteiger charge is 2.31. The van der Waals surface area contributed by atoms with Gasteiger partial charge >= 0.3 is 6.03 Å². The number of nitrogens with zero attached hydrogens (tertiary/aromatic N) is 1. The predicted molar refractivity (Wildman–Crippen MR) is 91.3 cm³/mol. The molecule has 130 valence electrons. The fourth-order valence-corrected chi connectivity index (χ4v) is 3.36. The van der Waals surface area contributed by atoms with E-state index in [-0.39, 0.29) is 10.8 Å². The molecule has 8 heteroatoms. The fraction of sp³-hybridized carbons (Fsp3) is 0.375. The molecule has 0 aromatic heterocycles. The number of imide groups is 1. The molecular formula is C16H19ClN2O4S. The quantitative estimate of drug-likeness (QED) is 0.807. The summed E-state index contributed by atoms with van der Waals surface area (Å²) >= 11 is 0. The number of benzene rings is 1. The Bertz CT molecular complexity index is 785. The molecule has 0 fully saturated rings. The summed E-state index contributed by atoms with van der Waals surface area (Å²) in [5, 5.41) is 2.71. The van der Waals surface area contributed by atoms with E-state index in [9.17, 15) is 18.0 Å². The molecule has 24 heavy (non-hydrogen) atoms. The van der Waals surface area contributed by atoms with E-state index < -0.39 is 15.1 Å². The highest BCUT2D eigenvalue weighted by molar-refractivity contribution is 8.13. The van der Waals surface area contributed by atoms with Gasteiger partial charge in [0.2, 0.25) is 0 Å². The summed E-state index contributed by atoms with van der Waals surface area (Å²) < 4.78 is 22.3. The number of carbonyl (C=O) groups excluding carboxylic acids is 2. The molecular weight excluding hydrogens is 352 g/mol. The van der Waals surface area contributed by atoms with E-state index in [1.165, 1.54) is 17.0 Å². The van der Waals surface area contributed by atoms with E-state index >= 15 is 0 Å². The number of hydrogen-bond acceptors (Lipinski definition) is 4. The molecule has 0 spiro atoms. The Kier molecular flexibility index (Phi) is 5.66. The van der Waals surface area contributed by atoms with Crippen molar-refractivity contribution in [2.24, 2.45) is 0 Å². The van der Waals surface area contributed by atoms with Crippen LogP contribution in [-0.4, -0.2) is 38.3 Å².